The first-order valence-electron chi connectivity index (χ1n) is 14.0. The lowest BCUT2D eigenvalue weighted by molar-refractivity contribution is 0.309. The van der Waals surface area contributed by atoms with Gasteiger partial charge in [0.15, 0.2) is 5.65 Å². The normalized spacial score (nSPS) is 13.5. The molecule has 216 valence electrons. The summed E-state index contributed by atoms with van der Waals surface area (Å²) in [5, 5.41) is 7.95. The summed E-state index contributed by atoms with van der Waals surface area (Å²) in [6.07, 6.45) is 8.64. The SMILES string of the molecule is CNc1nc2c3c(cn(S(=O)(=O)c4ccc(C)cc4)c3n1)-c1ccc3ncc(cc3c1)CCCOc1cncc(c1)CN2. The molecule has 0 saturated heterocycles. The van der Waals surface area contributed by atoms with Gasteiger partial charge in [-0.15, -0.1) is 0 Å². The lowest BCUT2D eigenvalue weighted by Crippen LogP contribution is -2.13. The average molecular weight is 592 g/mol. The predicted molar refractivity (Wildman–Crippen MR) is 167 cm³/mol. The number of fused-ring (bicyclic) bond motifs is 5. The monoisotopic (exact) mass is 591 g/mol. The smallest absolute Gasteiger partial charge is 0.269 e. The molecule has 0 fully saturated rings. The fraction of sp³-hybridized carbons (Fsp3) is 0.188. The maximum absolute atomic E-state index is 14.1. The van der Waals surface area contributed by atoms with Crippen molar-refractivity contribution < 1.29 is 13.2 Å². The molecule has 0 amide bonds. The van der Waals surface area contributed by atoms with E-state index in [2.05, 4.69) is 31.7 Å². The van der Waals surface area contributed by atoms with Gasteiger partial charge in [-0.1, -0.05) is 23.8 Å². The molecule has 0 spiro atoms. The largest absolute Gasteiger partial charge is 0.492 e. The number of aromatic nitrogens is 5. The predicted octanol–water partition coefficient (Wildman–Crippen LogP) is 5.57. The Hall–Kier alpha value is -5.03. The van der Waals surface area contributed by atoms with Gasteiger partial charge in [-0.25, -0.2) is 12.4 Å². The highest BCUT2D eigenvalue weighted by Gasteiger charge is 2.26. The van der Waals surface area contributed by atoms with Crippen LogP contribution in [-0.4, -0.2) is 46.0 Å². The first-order valence-corrected chi connectivity index (χ1v) is 15.5. The maximum atomic E-state index is 14.1. The van der Waals surface area contributed by atoms with Crippen molar-refractivity contribution >= 4 is 43.7 Å². The molecule has 5 bridgehead atoms. The summed E-state index contributed by atoms with van der Waals surface area (Å²) < 4.78 is 35.4. The second-order valence-electron chi connectivity index (χ2n) is 10.6. The van der Waals surface area contributed by atoms with Gasteiger partial charge >= 0.3 is 0 Å². The van der Waals surface area contributed by atoms with Crippen LogP contribution in [0.4, 0.5) is 11.8 Å². The first-order chi connectivity index (χ1) is 20.9. The zero-order valence-electron chi connectivity index (χ0n) is 23.7. The zero-order valence-corrected chi connectivity index (χ0v) is 24.5. The van der Waals surface area contributed by atoms with Gasteiger partial charge in [-0.2, -0.15) is 9.97 Å². The third-order valence-electron chi connectivity index (χ3n) is 7.57. The lowest BCUT2D eigenvalue weighted by Gasteiger charge is -2.12. The Kier molecular flexibility index (Phi) is 6.66. The van der Waals surface area contributed by atoms with E-state index in [-0.39, 0.29) is 16.5 Å². The maximum Gasteiger partial charge on any atom is 0.269 e. The van der Waals surface area contributed by atoms with E-state index in [1.54, 1.807) is 49.9 Å². The zero-order chi connectivity index (χ0) is 29.6. The summed E-state index contributed by atoms with van der Waals surface area (Å²) >= 11 is 0. The Labute approximate surface area is 248 Å². The Morgan fingerprint density at radius 1 is 0.977 bits per heavy atom. The standard InChI is InChI=1S/C32H29N7O3S/c1-20-5-8-26(9-6-20)43(40,41)39-19-27-23-7-10-28-24(14-23)12-21(16-35-28)4-3-11-42-25-13-22(15-34-18-25)17-36-30-29(27)31(39)38-32(33-2)37-30/h5-10,12-16,18-19H,3-4,11,17H2,1-2H3,(H2,33,36,37,38). The molecular formula is C32H29N7O3S. The molecule has 43 heavy (non-hydrogen) atoms. The van der Waals surface area contributed by atoms with Crippen molar-refractivity contribution in [1.82, 2.24) is 23.9 Å². The molecule has 2 N–H and O–H groups in total. The van der Waals surface area contributed by atoms with E-state index in [1.807, 2.05) is 37.4 Å². The van der Waals surface area contributed by atoms with Crippen LogP contribution in [0, 0.1) is 6.92 Å². The Balaban J connectivity index is 1.50. The van der Waals surface area contributed by atoms with Crippen molar-refractivity contribution in [2.45, 2.75) is 31.2 Å². The minimum absolute atomic E-state index is 0.172. The molecule has 0 radical (unpaired) electrons. The second-order valence-corrected chi connectivity index (χ2v) is 12.4. The quantitative estimate of drug-likeness (QED) is 0.272. The van der Waals surface area contributed by atoms with Crippen LogP contribution in [0.2, 0.25) is 0 Å². The van der Waals surface area contributed by atoms with Crippen LogP contribution in [0.3, 0.4) is 0 Å². The highest BCUT2D eigenvalue weighted by Crippen LogP contribution is 2.38. The van der Waals surface area contributed by atoms with Gasteiger partial charge in [0.2, 0.25) is 5.95 Å². The number of hydrogen-bond donors (Lipinski definition) is 2. The molecular weight excluding hydrogens is 562 g/mol. The molecule has 4 aromatic heterocycles. The number of pyridine rings is 2. The summed E-state index contributed by atoms with van der Waals surface area (Å²) in [4.78, 5) is 18.6. The Morgan fingerprint density at radius 2 is 1.84 bits per heavy atom. The van der Waals surface area contributed by atoms with Crippen molar-refractivity contribution in [3.8, 4) is 16.9 Å². The third kappa shape index (κ3) is 5.01. The highest BCUT2D eigenvalue weighted by molar-refractivity contribution is 7.90. The van der Waals surface area contributed by atoms with Gasteiger partial charge in [0, 0.05) is 43.1 Å². The van der Waals surface area contributed by atoms with Gasteiger partial charge in [0.25, 0.3) is 10.0 Å². The topological polar surface area (TPSA) is 124 Å². The van der Waals surface area contributed by atoms with Crippen molar-refractivity contribution in [3.63, 3.8) is 0 Å². The molecule has 0 aliphatic carbocycles. The first kappa shape index (κ1) is 26.8. The van der Waals surface area contributed by atoms with Gasteiger partial charge in [0.1, 0.15) is 11.6 Å². The molecule has 1 aliphatic rings. The molecule has 6 aromatic rings. The molecule has 0 atom stereocenters. The van der Waals surface area contributed by atoms with Crippen LogP contribution in [0.15, 0.2) is 84.3 Å². The van der Waals surface area contributed by atoms with E-state index in [1.165, 1.54) is 3.97 Å². The van der Waals surface area contributed by atoms with Crippen LogP contribution < -0.4 is 15.4 Å². The minimum atomic E-state index is -4.00. The van der Waals surface area contributed by atoms with Crippen molar-refractivity contribution in [1.29, 1.82) is 0 Å². The number of aryl methyl sites for hydroxylation is 2. The van der Waals surface area contributed by atoms with Gasteiger partial charge < -0.3 is 15.4 Å². The number of anilines is 2. The van der Waals surface area contributed by atoms with Crippen LogP contribution in [-0.2, 0) is 23.0 Å². The van der Waals surface area contributed by atoms with Crippen molar-refractivity contribution in [3.05, 3.63) is 96.1 Å². The number of nitrogens with zero attached hydrogens (tertiary/aromatic N) is 5. The van der Waals surface area contributed by atoms with Crippen LogP contribution >= 0.6 is 0 Å². The summed E-state index contributed by atoms with van der Waals surface area (Å²) in [5.41, 5.74) is 5.58. The fourth-order valence-corrected chi connectivity index (χ4v) is 6.65. The summed E-state index contributed by atoms with van der Waals surface area (Å²) in [6, 6.07) is 16.8. The number of nitrogens with one attached hydrogen (secondary N) is 2. The molecule has 0 unspecified atom stereocenters. The van der Waals surface area contributed by atoms with E-state index < -0.39 is 10.0 Å². The number of ether oxygens (including phenoxy) is 1. The Bertz CT molecular complexity index is 2110. The van der Waals surface area contributed by atoms with E-state index in [0.29, 0.717) is 35.7 Å². The van der Waals surface area contributed by atoms with Gasteiger partial charge in [0.05, 0.1) is 28.6 Å². The number of benzene rings is 2. The molecule has 10 nitrogen and oxygen atoms in total. The van der Waals surface area contributed by atoms with Gasteiger partial charge in [-0.05, 0) is 72.9 Å². The number of hydrogen-bond acceptors (Lipinski definition) is 9. The summed E-state index contributed by atoms with van der Waals surface area (Å²) in [6.45, 7) is 2.86. The second kappa shape index (κ2) is 10.7. The molecule has 1 aliphatic heterocycles. The van der Waals surface area contributed by atoms with Crippen molar-refractivity contribution in [2.24, 2.45) is 0 Å². The van der Waals surface area contributed by atoms with E-state index in [9.17, 15) is 8.42 Å². The molecule has 7 rings (SSSR count). The van der Waals surface area contributed by atoms with E-state index in [0.717, 1.165) is 46.0 Å². The lowest BCUT2D eigenvalue weighted by atomic mass is 10.0. The minimum Gasteiger partial charge on any atom is -0.492 e. The molecule has 2 aromatic carbocycles. The molecule has 5 heterocycles. The fourth-order valence-electron chi connectivity index (χ4n) is 5.34. The van der Waals surface area contributed by atoms with Crippen LogP contribution in [0.1, 0.15) is 23.1 Å². The molecule has 0 saturated carbocycles. The summed E-state index contributed by atoms with van der Waals surface area (Å²) in [5.74, 6) is 1.46. The van der Waals surface area contributed by atoms with Crippen LogP contribution in [0.25, 0.3) is 33.1 Å². The Morgan fingerprint density at radius 3 is 2.67 bits per heavy atom. The highest BCUT2D eigenvalue weighted by atomic mass is 32.2. The van der Waals surface area contributed by atoms with E-state index in [4.69, 9.17) is 9.72 Å². The van der Waals surface area contributed by atoms with Crippen LogP contribution in [0.5, 0.6) is 5.75 Å². The third-order valence-corrected chi connectivity index (χ3v) is 9.24. The number of rotatable bonds is 3. The average Bonchev–Trinajstić information content (AvgIpc) is 3.42. The van der Waals surface area contributed by atoms with Gasteiger partial charge in [-0.3, -0.25) is 9.97 Å². The van der Waals surface area contributed by atoms with E-state index >= 15 is 0 Å². The van der Waals surface area contributed by atoms with Crippen molar-refractivity contribution in [2.75, 3.05) is 24.3 Å². The summed E-state index contributed by atoms with van der Waals surface area (Å²) in [7, 11) is -2.30. The molecule has 11 heteroatoms.